The minimum Gasteiger partial charge on any atom is -0.389 e. The van der Waals surface area contributed by atoms with Crippen molar-refractivity contribution in [1.82, 2.24) is 4.98 Å². The van der Waals surface area contributed by atoms with E-state index in [9.17, 15) is 4.79 Å². The molecular weight excluding hydrogens is 250 g/mol. The Morgan fingerprint density at radius 3 is 2.83 bits per heavy atom. The third kappa shape index (κ3) is 2.85. The van der Waals surface area contributed by atoms with Crippen LogP contribution in [0.2, 0.25) is 0 Å². The molecule has 3 N–H and O–H groups in total. The van der Waals surface area contributed by atoms with Gasteiger partial charge in [0.1, 0.15) is 17.3 Å². The number of ether oxygens (including phenoxy) is 1. The monoisotopic (exact) mass is 263 g/mol. The average molecular weight is 263 g/mol. The van der Waals surface area contributed by atoms with Gasteiger partial charge in [-0.25, -0.2) is 4.98 Å². The number of carbonyl (C=O) groups excluding carboxylic acids is 1. The van der Waals surface area contributed by atoms with Crippen LogP contribution in [0.5, 0.6) is 0 Å². The van der Waals surface area contributed by atoms with Crippen LogP contribution in [0.15, 0.2) is 30.3 Å². The smallest absolute Gasteiger partial charge is 0.252 e. The van der Waals surface area contributed by atoms with Crippen LogP contribution in [-0.4, -0.2) is 24.6 Å². The Morgan fingerprint density at radius 1 is 1.44 bits per heavy atom. The zero-order valence-electron chi connectivity index (χ0n) is 9.84. The van der Waals surface area contributed by atoms with Gasteiger partial charge >= 0.3 is 0 Å². The Labute approximate surface area is 109 Å². The van der Waals surface area contributed by atoms with Crippen LogP contribution >= 0.6 is 11.3 Å². The molecule has 18 heavy (non-hydrogen) atoms. The van der Waals surface area contributed by atoms with E-state index in [1.165, 1.54) is 18.4 Å². The lowest BCUT2D eigenvalue weighted by molar-refractivity contribution is -0.119. The van der Waals surface area contributed by atoms with Gasteiger partial charge in [-0.05, 0) is 0 Å². The van der Waals surface area contributed by atoms with Gasteiger partial charge in [-0.2, -0.15) is 0 Å². The maximum absolute atomic E-state index is 11.4. The molecule has 5 nitrogen and oxygen atoms in total. The zero-order chi connectivity index (χ0) is 13.0. The van der Waals surface area contributed by atoms with Crippen molar-refractivity contribution in [3.05, 3.63) is 30.3 Å². The number of nitrogens with zero attached hydrogens (tertiary/aromatic N) is 1. The first-order valence-corrected chi connectivity index (χ1v) is 6.13. The lowest BCUT2D eigenvalue weighted by Gasteiger charge is -1.99. The number of hydrogen-bond donors (Lipinski definition) is 2. The topological polar surface area (TPSA) is 77.2 Å². The molecule has 0 saturated heterocycles. The summed E-state index contributed by atoms with van der Waals surface area (Å²) < 4.78 is 4.73. The molecule has 0 aliphatic rings. The number of amides is 1. The molecule has 0 spiro atoms. The van der Waals surface area contributed by atoms with Gasteiger partial charge in [0.25, 0.3) is 5.91 Å². The molecule has 2 rings (SSSR count). The fourth-order valence-electron chi connectivity index (χ4n) is 1.47. The molecule has 0 saturated carbocycles. The van der Waals surface area contributed by atoms with Crippen molar-refractivity contribution in [1.29, 1.82) is 0 Å². The second kappa shape index (κ2) is 5.61. The predicted molar refractivity (Wildman–Crippen MR) is 72.5 cm³/mol. The number of hydrogen-bond acceptors (Lipinski definition) is 5. The normalized spacial score (nSPS) is 10.3. The molecule has 0 bridgehead atoms. The molecule has 94 valence electrons. The van der Waals surface area contributed by atoms with E-state index in [1.807, 2.05) is 30.3 Å². The highest BCUT2D eigenvalue weighted by molar-refractivity contribution is 7.20. The summed E-state index contributed by atoms with van der Waals surface area (Å²) in [6, 6.07) is 9.60. The second-order valence-corrected chi connectivity index (χ2v) is 4.61. The first-order chi connectivity index (χ1) is 8.70. The van der Waals surface area contributed by atoms with Crippen LogP contribution in [0.1, 0.15) is 0 Å². The first-order valence-electron chi connectivity index (χ1n) is 5.31. The molecule has 0 aliphatic carbocycles. The van der Waals surface area contributed by atoms with Gasteiger partial charge in [0.05, 0.1) is 0 Å². The number of nitrogens with one attached hydrogen (secondary N) is 1. The summed E-state index contributed by atoms with van der Waals surface area (Å²) in [5, 5.41) is 3.69. The van der Waals surface area contributed by atoms with E-state index < -0.39 is 0 Å². The van der Waals surface area contributed by atoms with E-state index >= 15 is 0 Å². The Balaban J connectivity index is 2.20. The van der Waals surface area contributed by atoms with Crippen molar-refractivity contribution >= 4 is 27.4 Å². The van der Waals surface area contributed by atoms with Crippen LogP contribution in [0.3, 0.4) is 0 Å². The summed E-state index contributed by atoms with van der Waals surface area (Å²) in [7, 11) is 1.46. The summed E-state index contributed by atoms with van der Waals surface area (Å²) in [5.41, 5.74) is 7.51. The molecule has 6 heteroatoms. The summed E-state index contributed by atoms with van der Waals surface area (Å²) >= 11 is 1.24. The summed E-state index contributed by atoms with van der Waals surface area (Å²) in [6.45, 7) is 0.000154. The maximum Gasteiger partial charge on any atom is 0.252 e. The number of methoxy groups -OCH3 is 1. The van der Waals surface area contributed by atoms with Gasteiger partial charge in [0.15, 0.2) is 5.13 Å². The van der Waals surface area contributed by atoms with Gasteiger partial charge < -0.3 is 10.5 Å². The zero-order valence-corrected chi connectivity index (χ0v) is 10.7. The predicted octanol–water partition coefficient (Wildman–Crippen LogP) is 1.98. The minimum absolute atomic E-state index is 0.000154. The van der Waals surface area contributed by atoms with Crippen molar-refractivity contribution in [3.63, 3.8) is 0 Å². The first kappa shape index (κ1) is 12.5. The number of carbonyl (C=O) groups is 1. The Hall–Kier alpha value is -1.92. The second-order valence-electron chi connectivity index (χ2n) is 3.58. The molecule has 1 heterocycles. The summed E-state index contributed by atoms with van der Waals surface area (Å²) in [5.74, 6) is -0.245. The number of rotatable bonds is 4. The molecule has 1 amide bonds. The van der Waals surface area contributed by atoms with Crippen molar-refractivity contribution in [2.45, 2.75) is 0 Å². The number of nitrogen functional groups attached to an aromatic ring is 1. The summed E-state index contributed by atoms with van der Waals surface area (Å²) in [4.78, 5) is 15.7. The number of nitrogens with two attached hydrogens (primary N) is 1. The van der Waals surface area contributed by atoms with Crippen LogP contribution < -0.4 is 11.1 Å². The van der Waals surface area contributed by atoms with E-state index in [0.717, 1.165) is 5.56 Å². The molecule has 0 unspecified atom stereocenters. The molecule has 0 fully saturated rings. The highest BCUT2D eigenvalue weighted by Crippen LogP contribution is 2.32. The Kier molecular flexibility index (Phi) is 3.91. The van der Waals surface area contributed by atoms with Crippen molar-refractivity contribution in [2.24, 2.45) is 0 Å². The van der Waals surface area contributed by atoms with Gasteiger partial charge in [-0.1, -0.05) is 41.7 Å². The quantitative estimate of drug-likeness (QED) is 0.884. The SMILES string of the molecule is COCC(=O)Nc1nc(-c2ccccc2)c(N)s1. The third-order valence-electron chi connectivity index (χ3n) is 2.22. The van der Waals surface area contributed by atoms with Crippen LogP contribution in [0.4, 0.5) is 10.1 Å². The molecule has 0 radical (unpaired) electrons. The lowest BCUT2D eigenvalue weighted by atomic mass is 10.2. The molecule has 1 aromatic carbocycles. The number of thiazole rings is 1. The average Bonchev–Trinajstić information content (AvgIpc) is 2.71. The van der Waals surface area contributed by atoms with E-state index in [-0.39, 0.29) is 12.5 Å². The Morgan fingerprint density at radius 2 is 2.17 bits per heavy atom. The van der Waals surface area contributed by atoms with E-state index in [1.54, 1.807) is 0 Å². The summed E-state index contributed by atoms with van der Waals surface area (Å²) in [6.07, 6.45) is 0. The van der Waals surface area contributed by atoms with Crippen molar-refractivity contribution < 1.29 is 9.53 Å². The fourth-order valence-corrected chi connectivity index (χ4v) is 2.24. The van der Waals surface area contributed by atoms with Crippen molar-refractivity contribution in [2.75, 3.05) is 24.8 Å². The Bertz CT molecular complexity index is 540. The highest BCUT2D eigenvalue weighted by atomic mass is 32.1. The minimum atomic E-state index is -0.245. The van der Waals surface area contributed by atoms with Crippen molar-refractivity contribution in [3.8, 4) is 11.3 Å². The molecule has 0 aliphatic heterocycles. The highest BCUT2D eigenvalue weighted by Gasteiger charge is 2.12. The number of aromatic nitrogens is 1. The van der Waals surface area contributed by atoms with Gasteiger partial charge in [-0.15, -0.1) is 0 Å². The maximum atomic E-state index is 11.4. The largest absolute Gasteiger partial charge is 0.389 e. The molecule has 0 atom stereocenters. The molecule has 1 aromatic heterocycles. The molecular formula is C12H13N3O2S. The van der Waals surface area contributed by atoms with E-state index in [4.69, 9.17) is 10.5 Å². The van der Waals surface area contributed by atoms with Gasteiger partial charge in [0, 0.05) is 12.7 Å². The lowest BCUT2D eigenvalue weighted by Crippen LogP contribution is -2.16. The van der Waals surface area contributed by atoms with Gasteiger partial charge in [0.2, 0.25) is 0 Å². The van der Waals surface area contributed by atoms with Gasteiger partial charge in [-0.3, -0.25) is 10.1 Å². The molecule has 2 aromatic rings. The third-order valence-corrected chi connectivity index (χ3v) is 3.02. The van der Waals surface area contributed by atoms with Crippen LogP contribution in [-0.2, 0) is 9.53 Å². The van der Waals surface area contributed by atoms with E-state index in [2.05, 4.69) is 10.3 Å². The fraction of sp³-hybridized carbons (Fsp3) is 0.167. The van der Waals surface area contributed by atoms with E-state index in [0.29, 0.717) is 15.8 Å². The number of anilines is 2. The number of benzene rings is 1. The van der Waals surface area contributed by atoms with Crippen LogP contribution in [0.25, 0.3) is 11.3 Å². The van der Waals surface area contributed by atoms with Crippen LogP contribution in [0, 0.1) is 0 Å². The standard InChI is InChI=1S/C12H13N3O2S/c1-17-7-9(16)14-12-15-10(11(13)18-12)8-5-3-2-4-6-8/h2-6H,7,13H2,1H3,(H,14,15,16).